The van der Waals surface area contributed by atoms with E-state index in [1.54, 1.807) is 30.3 Å². The molecule has 6 nitrogen and oxygen atoms in total. The Morgan fingerprint density at radius 3 is 2.46 bits per heavy atom. The van der Waals surface area contributed by atoms with Crippen LogP contribution in [0.1, 0.15) is 16.8 Å². The Balaban J connectivity index is 1.72. The van der Waals surface area contributed by atoms with Crippen molar-refractivity contribution in [3.8, 4) is 11.5 Å². The molecule has 2 amide bonds. The van der Waals surface area contributed by atoms with Gasteiger partial charge < -0.3 is 19.7 Å². The van der Waals surface area contributed by atoms with Crippen LogP contribution < -0.4 is 19.7 Å². The first-order valence-electron chi connectivity index (χ1n) is 8.10. The number of nitrogens with one attached hydrogen (secondary N) is 1. The molecular weight excluding hydrogens is 339 g/mol. The van der Waals surface area contributed by atoms with E-state index >= 15 is 0 Å². The Hall–Kier alpha value is -3.09. The second-order valence-electron chi connectivity index (χ2n) is 5.96. The minimum atomic E-state index is -0.411. The molecule has 0 saturated carbocycles. The van der Waals surface area contributed by atoms with Crippen molar-refractivity contribution in [2.45, 2.75) is 12.5 Å². The van der Waals surface area contributed by atoms with Crippen LogP contribution in [-0.2, 0) is 4.79 Å². The molecule has 1 N–H and O–H groups in total. The number of methoxy groups -OCH3 is 2. The molecule has 0 spiro atoms. The number of anilines is 1. The third-order valence-electron chi connectivity index (χ3n) is 4.19. The molecule has 3 rings (SSSR count). The van der Waals surface area contributed by atoms with Crippen LogP contribution in [0.2, 0.25) is 0 Å². The molecule has 1 heterocycles. The number of nitrogens with zero attached hydrogens (tertiary/aromatic N) is 1. The summed E-state index contributed by atoms with van der Waals surface area (Å²) in [7, 11) is 3.01. The van der Waals surface area contributed by atoms with Crippen LogP contribution in [0.15, 0.2) is 42.5 Å². The average Bonchev–Trinajstić information content (AvgIpc) is 3.01. The van der Waals surface area contributed by atoms with Gasteiger partial charge in [-0.2, -0.15) is 0 Å². The van der Waals surface area contributed by atoms with Gasteiger partial charge in [0.1, 0.15) is 17.3 Å². The van der Waals surface area contributed by atoms with Gasteiger partial charge in [-0.05, 0) is 30.3 Å². The van der Waals surface area contributed by atoms with Gasteiger partial charge in [0.15, 0.2) is 0 Å². The summed E-state index contributed by atoms with van der Waals surface area (Å²) in [5.41, 5.74) is 0.854. The summed E-state index contributed by atoms with van der Waals surface area (Å²) >= 11 is 0. The number of hydrogen-bond donors (Lipinski definition) is 1. The summed E-state index contributed by atoms with van der Waals surface area (Å²) in [6.07, 6.45) is 0.156. The van der Waals surface area contributed by atoms with Crippen LogP contribution in [-0.4, -0.2) is 38.6 Å². The van der Waals surface area contributed by atoms with Crippen LogP contribution in [0.3, 0.4) is 0 Å². The Bertz CT molecular complexity index is 818. The topological polar surface area (TPSA) is 67.9 Å². The van der Waals surface area contributed by atoms with Gasteiger partial charge in [0, 0.05) is 30.3 Å². The van der Waals surface area contributed by atoms with Gasteiger partial charge in [0.25, 0.3) is 5.91 Å². The van der Waals surface area contributed by atoms with Gasteiger partial charge in [-0.1, -0.05) is 6.07 Å². The van der Waals surface area contributed by atoms with E-state index in [4.69, 9.17) is 9.47 Å². The van der Waals surface area contributed by atoms with E-state index < -0.39 is 5.82 Å². The lowest BCUT2D eigenvalue weighted by Crippen LogP contribution is -2.37. The molecule has 136 valence electrons. The number of amides is 2. The van der Waals surface area contributed by atoms with Crippen molar-refractivity contribution in [2.75, 3.05) is 25.7 Å². The summed E-state index contributed by atoms with van der Waals surface area (Å²) in [6, 6.07) is 10.3. The van der Waals surface area contributed by atoms with Crippen LogP contribution in [0.5, 0.6) is 11.5 Å². The third-order valence-corrected chi connectivity index (χ3v) is 4.19. The van der Waals surface area contributed by atoms with Crippen molar-refractivity contribution in [3.63, 3.8) is 0 Å². The zero-order valence-electron chi connectivity index (χ0n) is 14.5. The molecule has 2 aromatic carbocycles. The van der Waals surface area contributed by atoms with Gasteiger partial charge in [0.05, 0.1) is 20.3 Å². The van der Waals surface area contributed by atoms with Gasteiger partial charge >= 0.3 is 0 Å². The lowest BCUT2D eigenvalue weighted by atomic mass is 10.1. The first-order chi connectivity index (χ1) is 12.5. The SMILES string of the molecule is COc1cc(OC)cc(C(=O)N[C@@H]2CC(=O)N(c3cccc(F)c3)C2)c1. The first-order valence-corrected chi connectivity index (χ1v) is 8.10. The molecular formula is C19H19FN2O4. The minimum Gasteiger partial charge on any atom is -0.497 e. The molecule has 1 atom stereocenters. The quantitative estimate of drug-likeness (QED) is 0.891. The molecule has 0 radical (unpaired) electrons. The largest absolute Gasteiger partial charge is 0.497 e. The van der Waals surface area contributed by atoms with Crippen LogP contribution in [0.25, 0.3) is 0 Å². The van der Waals surface area contributed by atoms with Crippen LogP contribution in [0.4, 0.5) is 10.1 Å². The number of rotatable bonds is 5. The van der Waals surface area contributed by atoms with E-state index in [9.17, 15) is 14.0 Å². The van der Waals surface area contributed by atoms with Crippen LogP contribution >= 0.6 is 0 Å². The molecule has 0 unspecified atom stereocenters. The summed E-state index contributed by atoms with van der Waals surface area (Å²) in [5, 5.41) is 2.84. The van der Waals surface area contributed by atoms with Crippen molar-refractivity contribution in [3.05, 3.63) is 53.8 Å². The van der Waals surface area contributed by atoms with E-state index in [0.717, 1.165) is 0 Å². The molecule has 0 bridgehead atoms. The Morgan fingerprint density at radius 1 is 1.15 bits per heavy atom. The monoisotopic (exact) mass is 358 g/mol. The zero-order chi connectivity index (χ0) is 18.7. The summed E-state index contributed by atoms with van der Waals surface area (Å²) in [5.74, 6) is 0.0910. The number of benzene rings is 2. The number of carbonyl (C=O) groups is 2. The lowest BCUT2D eigenvalue weighted by Gasteiger charge is -2.17. The first kappa shape index (κ1) is 17.7. The molecule has 1 aliphatic rings. The molecule has 26 heavy (non-hydrogen) atoms. The highest BCUT2D eigenvalue weighted by Crippen LogP contribution is 2.24. The highest BCUT2D eigenvalue weighted by atomic mass is 19.1. The summed E-state index contributed by atoms with van der Waals surface area (Å²) in [6.45, 7) is 0.287. The maximum atomic E-state index is 13.4. The summed E-state index contributed by atoms with van der Waals surface area (Å²) in [4.78, 5) is 26.2. The highest BCUT2D eigenvalue weighted by molar-refractivity contribution is 5.99. The molecule has 0 aromatic heterocycles. The Morgan fingerprint density at radius 2 is 1.85 bits per heavy atom. The number of ether oxygens (including phenoxy) is 2. The number of hydrogen-bond acceptors (Lipinski definition) is 4. The predicted octanol–water partition coefficient (Wildman–Crippen LogP) is 2.38. The maximum Gasteiger partial charge on any atom is 0.251 e. The maximum absolute atomic E-state index is 13.4. The second kappa shape index (κ2) is 7.43. The van der Waals surface area contributed by atoms with Gasteiger partial charge in [-0.3, -0.25) is 9.59 Å². The van der Waals surface area contributed by atoms with E-state index in [-0.39, 0.29) is 30.8 Å². The molecule has 1 fully saturated rings. The van der Waals surface area contributed by atoms with Gasteiger partial charge in [-0.25, -0.2) is 4.39 Å². The van der Waals surface area contributed by atoms with Crippen molar-refractivity contribution >= 4 is 17.5 Å². The number of halogens is 1. The highest BCUT2D eigenvalue weighted by Gasteiger charge is 2.32. The molecule has 0 aliphatic carbocycles. The molecule has 1 saturated heterocycles. The lowest BCUT2D eigenvalue weighted by molar-refractivity contribution is -0.117. The van der Waals surface area contributed by atoms with E-state index in [1.807, 2.05) is 0 Å². The molecule has 1 aliphatic heterocycles. The summed E-state index contributed by atoms with van der Waals surface area (Å²) < 4.78 is 23.7. The van der Waals surface area contributed by atoms with Crippen molar-refractivity contribution in [1.29, 1.82) is 0 Å². The van der Waals surface area contributed by atoms with Crippen LogP contribution in [0, 0.1) is 5.82 Å². The van der Waals surface area contributed by atoms with Crippen molar-refractivity contribution in [2.24, 2.45) is 0 Å². The third kappa shape index (κ3) is 3.77. The predicted molar refractivity (Wildman–Crippen MR) is 94.2 cm³/mol. The van der Waals surface area contributed by atoms with E-state index in [1.165, 1.54) is 31.3 Å². The molecule has 2 aromatic rings. The van der Waals surface area contributed by atoms with Crippen molar-refractivity contribution in [1.82, 2.24) is 5.32 Å². The Kier molecular flexibility index (Phi) is 5.06. The standard InChI is InChI=1S/C19H19FN2O4/c1-25-16-6-12(7-17(10-16)26-2)19(24)21-14-9-18(23)22(11-14)15-5-3-4-13(20)8-15/h3-8,10,14H,9,11H2,1-2H3,(H,21,24)/t14-/m1/s1. The second-order valence-corrected chi connectivity index (χ2v) is 5.96. The smallest absolute Gasteiger partial charge is 0.251 e. The Labute approximate surface area is 150 Å². The fraction of sp³-hybridized carbons (Fsp3) is 0.263. The zero-order valence-corrected chi connectivity index (χ0v) is 14.5. The number of carbonyl (C=O) groups excluding carboxylic acids is 2. The van der Waals surface area contributed by atoms with E-state index in [0.29, 0.717) is 22.7 Å². The normalized spacial score (nSPS) is 16.5. The molecule has 7 heteroatoms. The fourth-order valence-electron chi connectivity index (χ4n) is 2.91. The minimum absolute atomic E-state index is 0.156. The van der Waals surface area contributed by atoms with E-state index in [2.05, 4.69) is 5.32 Å². The van der Waals surface area contributed by atoms with Crippen molar-refractivity contribution < 1.29 is 23.5 Å². The fourth-order valence-corrected chi connectivity index (χ4v) is 2.91. The van der Waals surface area contributed by atoms with Gasteiger partial charge in [0.2, 0.25) is 5.91 Å². The average molecular weight is 358 g/mol. The van der Waals surface area contributed by atoms with Gasteiger partial charge in [-0.15, -0.1) is 0 Å².